The Balaban J connectivity index is 1.93. The average molecular weight is 622 g/mol. The minimum Gasteiger partial charge on any atom is -0.598 e. The molecule has 220 valence electrons. The predicted molar refractivity (Wildman–Crippen MR) is 160 cm³/mol. The van der Waals surface area contributed by atoms with Crippen molar-refractivity contribution in [1.29, 1.82) is 0 Å². The van der Waals surface area contributed by atoms with Crippen LogP contribution in [0.3, 0.4) is 0 Å². The van der Waals surface area contributed by atoms with Crippen molar-refractivity contribution >= 4 is 39.6 Å². The fourth-order valence-corrected chi connectivity index (χ4v) is 5.98. The van der Waals surface area contributed by atoms with Gasteiger partial charge in [-0.15, -0.1) is 4.72 Å². The standard InChI is InChI=1S/C29H33ClFN3O5S2/c1-29(2,3)40(37)33-27(17-5-6-17)22-15-26(35)34(4)16-24(22)21-13-19(11-12-32-41(38)39)25(30)14-23(21)28(36)18-7-9-20(31)10-8-18/h7-10,13-17,27,33,41H,5-6,11-12H2,1-4H3,(H,32,38,39)/t27-,40?/m0/s1. The molecule has 1 heterocycles. The molecule has 12 heteroatoms. The van der Waals surface area contributed by atoms with Crippen LogP contribution in [0.2, 0.25) is 5.02 Å². The number of carbonyl (C=O) groups is 1. The number of hydrogen-bond donors (Lipinski definition) is 3. The summed E-state index contributed by atoms with van der Waals surface area (Å²) in [5.41, 5.74) is 2.48. The summed E-state index contributed by atoms with van der Waals surface area (Å²) in [6, 6.07) is 9.52. The minimum atomic E-state index is -2.80. The Morgan fingerprint density at radius 1 is 1.17 bits per heavy atom. The molecule has 1 saturated carbocycles. The number of thiol groups is 1. The van der Waals surface area contributed by atoms with E-state index >= 15 is 0 Å². The van der Waals surface area contributed by atoms with Gasteiger partial charge in [-0.05, 0) is 99.0 Å². The fraction of sp³-hybridized carbons (Fsp3) is 0.379. The second-order valence-corrected chi connectivity index (χ2v) is 14.4. The molecule has 1 fully saturated rings. The lowest BCUT2D eigenvalue weighted by Crippen LogP contribution is -2.42. The molecule has 1 aromatic heterocycles. The lowest BCUT2D eigenvalue weighted by atomic mass is 9.87. The van der Waals surface area contributed by atoms with E-state index < -0.39 is 44.6 Å². The molecule has 2 aromatic carbocycles. The molecule has 2 atom stereocenters. The van der Waals surface area contributed by atoms with Crippen LogP contribution in [0.1, 0.15) is 66.7 Å². The van der Waals surface area contributed by atoms with Gasteiger partial charge in [-0.3, -0.25) is 9.59 Å². The van der Waals surface area contributed by atoms with Gasteiger partial charge in [0.25, 0.3) is 5.56 Å². The van der Waals surface area contributed by atoms with Gasteiger partial charge in [0.1, 0.15) is 10.6 Å². The number of pyridine rings is 1. The van der Waals surface area contributed by atoms with Crippen LogP contribution in [0.5, 0.6) is 0 Å². The van der Waals surface area contributed by atoms with Crippen molar-refractivity contribution in [2.45, 2.75) is 50.8 Å². The topological polar surface area (TPSA) is 120 Å². The maximum atomic E-state index is 13.8. The van der Waals surface area contributed by atoms with E-state index in [1.807, 2.05) is 20.8 Å². The number of aryl methyl sites for hydroxylation is 1. The zero-order chi connectivity index (χ0) is 30.1. The van der Waals surface area contributed by atoms with Crippen molar-refractivity contribution in [1.82, 2.24) is 14.0 Å². The molecule has 0 radical (unpaired) electrons. The minimum absolute atomic E-state index is 0.0973. The summed E-state index contributed by atoms with van der Waals surface area (Å²) >= 11 is 5.16. The first-order valence-corrected chi connectivity index (χ1v) is 15.9. The number of aromatic nitrogens is 1. The highest BCUT2D eigenvalue weighted by molar-refractivity contribution is 7.90. The van der Waals surface area contributed by atoms with Crippen molar-refractivity contribution < 1.29 is 22.2 Å². The van der Waals surface area contributed by atoms with E-state index in [2.05, 4.69) is 9.44 Å². The van der Waals surface area contributed by atoms with Crippen LogP contribution in [0.4, 0.5) is 4.39 Å². The van der Waals surface area contributed by atoms with Gasteiger partial charge in [0.2, 0.25) is 10.9 Å². The van der Waals surface area contributed by atoms with Crippen molar-refractivity contribution in [2.24, 2.45) is 13.0 Å². The maximum Gasteiger partial charge on any atom is 0.250 e. The van der Waals surface area contributed by atoms with Crippen LogP contribution < -0.4 is 15.0 Å². The summed E-state index contributed by atoms with van der Waals surface area (Å²) in [7, 11) is -1.19. The van der Waals surface area contributed by atoms with Gasteiger partial charge >= 0.3 is 0 Å². The number of rotatable bonds is 11. The summed E-state index contributed by atoms with van der Waals surface area (Å²) in [5.74, 6) is -0.735. The number of nitrogens with one attached hydrogen (secondary N) is 2. The lowest BCUT2D eigenvalue weighted by Gasteiger charge is -2.29. The number of nitrogens with zero attached hydrogens (tertiary/aromatic N) is 1. The largest absolute Gasteiger partial charge is 0.598 e. The molecule has 4 rings (SSSR count). The maximum absolute atomic E-state index is 13.8. The Bertz CT molecular complexity index is 1570. The van der Waals surface area contributed by atoms with Gasteiger partial charge in [0.15, 0.2) is 5.78 Å². The van der Waals surface area contributed by atoms with Crippen molar-refractivity contribution in [3.8, 4) is 11.1 Å². The molecule has 0 spiro atoms. The van der Waals surface area contributed by atoms with E-state index in [4.69, 9.17) is 11.6 Å². The molecule has 1 unspecified atom stereocenters. The third kappa shape index (κ3) is 7.65. The van der Waals surface area contributed by atoms with Crippen LogP contribution in [0.25, 0.3) is 11.1 Å². The molecule has 0 saturated heterocycles. The highest BCUT2D eigenvalue weighted by Crippen LogP contribution is 2.45. The van der Waals surface area contributed by atoms with Crippen molar-refractivity contribution in [3.63, 3.8) is 0 Å². The molecular formula is C29H33ClFN3O5S2. The van der Waals surface area contributed by atoms with Gasteiger partial charge in [-0.25, -0.2) is 17.5 Å². The summed E-state index contributed by atoms with van der Waals surface area (Å²) in [5, 5.41) is 0.263. The van der Waals surface area contributed by atoms with Crippen LogP contribution in [0.15, 0.2) is 53.5 Å². The summed E-state index contributed by atoms with van der Waals surface area (Å²) in [4.78, 5) is 26.7. The van der Waals surface area contributed by atoms with E-state index in [1.165, 1.54) is 41.0 Å². The molecule has 3 aromatic rings. The second-order valence-electron chi connectivity index (χ2n) is 11.1. The second kappa shape index (κ2) is 12.8. The predicted octanol–water partition coefficient (Wildman–Crippen LogP) is 4.24. The number of ketones is 1. The SMILES string of the molecule is Cn1cc(-c2cc(CCN[SH](=O)=O)c(Cl)cc2C(=O)c2ccc(F)cc2)c([C@@H](N[S+]([O-])C(C)(C)C)C2CC2)cc1=O. The Labute approximate surface area is 248 Å². The Kier molecular flexibility index (Phi) is 9.77. The van der Waals surface area contributed by atoms with Crippen LogP contribution in [-0.2, 0) is 35.7 Å². The molecule has 0 bridgehead atoms. The van der Waals surface area contributed by atoms with Crippen LogP contribution in [0, 0.1) is 11.7 Å². The quantitative estimate of drug-likeness (QED) is 0.167. The zero-order valence-electron chi connectivity index (χ0n) is 23.2. The Morgan fingerprint density at radius 3 is 2.41 bits per heavy atom. The van der Waals surface area contributed by atoms with Crippen LogP contribution >= 0.6 is 11.6 Å². The third-order valence-corrected chi connectivity index (χ3v) is 9.36. The number of hydrogen-bond acceptors (Lipinski definition) is 6. The van der Waals surface area contributed by atoms with E-state index in [9.17, 15) is 27.0 Å². The van der Waals surface area contributed by atoms with Gasteiger partial charge in [-0.1, -0.05) is 11.6 Å². The van der Waals surface area contributed by atoms with Gasteiger partial charge < -0.3 is 9.12 Å². The highest BCUT2D eigenvalue weighted by atomic mass is 35.5. The molecule has 1 aliphatic carbocycles. The van der Waals surface area contributed by atoms with Gasteiger partial charge in [0.05, 0.1) is 6.04 Å². The first-order chi connectivity index (χ1) is 19.3. The first kappa shape index (κ1) is 31.4. The Morgan fingerprint density at radius 2 is 1.83 bits per heavy atom. The molecule has 2 N–H and O–H groups in total. The van der Waals surface area contributed by atoms with E-state index in [-0.39, 0.29) is 40.6 Å². The van der Waals surface area contributed by atoms with Crippen LogP contribution in [-0.4, -0.2) is 34.6 Å². The monoisotopic (exact) mass is 621 g/mol. The molecule has 41 heavy (non-hydrogen) atoms. The molecular weight excluding hydrogens is 589 g/mol. The molecule has 8 nitrogen and oxygen atoms in total. The van der Waals surface area contributed by atoms with Gasteiger partial charge in [0, 0.05) is 58.9 Å². The normalized spacial score (nSPS) is 15.2. The third-order valence-electron chi connectivity index (χ3n) is 6.94. The number of benzene rings is 2. The smallest absolute Gasteiger partial charge is 0.250 e. The van der Waals surface area contributed by atoms with Crippen molar-refractivity contribution in [2.75, 3.05) is 6.54 Å². The highest BCUT2D eigenvalue weighted by Gasteiger charge is 2.40. The lowest BCUT2D eigenvalue weighted by molar-refractivity contribution is 0.103. The van der Waals surface area contributed by atoms with E-state index in [0.29, 0.717) is 22.3 Å². The van der Waals surface area contributed by atoms with E-state index in [1.54, 1.807) is 19.3 Å². The first-order valence-electron chi connectivity index (χ1n) is 13.2. The van der Waals surface area contributed by atoms with Crippen molar-refractivity contribution in [3.05, 3.63) is 92.1 Å². The van der Waals surface area contributed by atoms with E-state index in [0.717, 1.165) is 12.8 Å². The summed E-state index contributed by atoms with van der Waals surface area (Å²) in [6.07, 6.45) is 3.68. The molecule has 0 amide bonds. The zero-order valence-corrected chi connectivity index (χ0v) is 25.7. The average Bonchev–Trinajstić information content (AvgIpc) is 3.74. The summed E-state index contributed by atoms with van der Waals surface area (Å²) < 4.78 is 55.4. The fourth-order valence-electron chi connectivity index (χ4n) is 4.52. The van der Waals surface area contributed by atoms with Gasteiger partial charge in [-0.2, -0.15) is 0 Å². The number of halogens is 2. The summed E-state index contributed by atoms with van der Waals surface area (Å²) in [6.45, 7) is 5.68. The molecule has 0 aliphatic heterocycles. The molecule has 1 aliphatic rings. The Hall–Kier alpha value is -2.54. The number of carbonyl (C=O) groups excluding carboxylic acids is 1.